The van der Waals surface area contributed by atoms with Gasteiger partial charge >= 0.3 is 0 Å². The van der Waals surface area contributed by atoms with Crippen LogP contribution in [0.25, 0.3) is 22.0 Å². The van der Waals surface area contributed by atoms with Gasteiger partial charge in [-0.1, -0.05) is 35.9 Å². The van der Waals surface area contributed by atoms with E-state index in [0.717, 1.165) is 27.8 Å². The molecule has 6 nitrogen and oxygen atoms in total. The summed E-state index contributed by atoms with van der Waals surface area (Å²) in [6.07, 6.45) is 0.588. The average Bonchev–Trinajstić information content (AvgIpc) is 3.06. The fourth-order valence-corrected chi connectivity index (χ4v) is 5.78. The van der Waals surface area contributed by atoms with Crippen LogP contribution in [0.5, 0.6) is 0 Å². The van der Waals surface area contributed by atoms with Gasteiger partial charge in [-0.05, 0) is 45.0 Å². The summed E-state index contributed by atoms with van der Waals surface area (Å²) in [5.74, 6) is 0.339. The second-order valence-electron chi connectivity index (χ2n) is 7.97. The minimum Gasteiger partial charge on any atom is -0.283 e. The molecule has 4 rings (SSSR count). The SMILES string of the molecule is Cc1ccc(C)c(-c2nn(CN(C)[C@H]3CCS(=O)(=O)C3)c(=O)c3ccccc23)c1. The summed E-state index contributed by atoms with van der Waals surface area (Å²) in [6, 6.07) is 13.6. The molecule has 29 heavy (non-hydrogen) atoms. The molecular formula is C22H25N3O3S. The monoisotopic (exact) mass is 411 g/mol. The predicted molar refractivity (Wildman–Crippen MR) is 116 cm³/mol. The number of nitrogens with zero attached hydrogens (tertiary/aromatic N) is 3. The van der Waals surface area contributed by atoms with E-state index in [2.05, 4.69) is 18.2 Å². The van der Waals surface area contributed by atoms with Crippen molar-refractivity contribution in [2.24, 2.45) is 0 Å². The van der Waals surface area contributed by atoms with E-state index < -0.39 is 9.84 Å². The average molecular weight is 412 g/mol. The Kier molecular flexibility index (Phi) is 5.04. The maximum atomic E-state index is 13.1. The van der Waals surface area contributed by atoms with Crippen LogP contribution in [0, 0.1) is 13.8 Å². The third-order valence-electron chi connectivity index (χ3n) is 5.70. The maximum Gasteiger partial charge on any atom is 0.275 e. The van der Waals surface area contributed by atoms with E-state index in [4.69, 9.17) is 5.10 Å². The van der Waals surface area contributed by atoms with Crippen LogP contribution < -0.4 is 5.56 Å². The van der Waals surface area contributed by atoms with Crippen molar-refractivity contribution in [1.82, 2.24) is 14.7 Å². The molecule has 0 amide bonds. The zero-order chi connectivity index (χ0) is 20.8. The number of benzene rings is 2. The highest BCUT2D eigenvalue weighted by atomic mass is 32.2. The van der Waals surface area contributed by atoms with E-state index in [0.29, 0.717) is 11.8 Å². The largest absolute Gasteiger partial charge is 0.283 e. The third kappa shape index (κ3) is 3.84. The molecule has 0 aliphatic carbocycles. The van der Waals surface area contributed by atoms with E-state index in [1.165, 1.54) is 4.68 Å². The van der Waals surface area contributed by atoms with E-state index in [9.17, 15) is 13.2 Å². The fourth-order valence-electron chi connectivity index (χ4n) is 3.97. The van der Waals surface area contributed by atoms with Gasteiger partial charge in [0.15, 0.2) is 9.84 Å². The number of rotatable bonds is 4. The molecule has 1 fully saturated rings. The Morgan fingerprint density at radius 1 is 1.14 bits per heavy atom. The van der Waals surface area contributed by atoms with Gasteiger partial charge in [0.1, 0.15) is 0 Å². The van der Waals surface area contributed by atoms with Crippen molar-refractivity contribution >= 4 is 20.6 Å². The van der Waals surface area contributed by atoms with Gasteiger partial charge in [-0.25, -0.2) is 13.1 Å². The van der Waals surface area contributed by atoms with E-state index in [1.807, 2.05) is 50.1 Å². The number of hydrogen-bond donors (Lipinski definition) is 0. The number of fused-ring (bicyclic) bond motifs is 1. The molecule has 0 saturated carbocycles. The maximum absolute atomic E-state index is 13.1. The normalized spacial score (nSPS) is 18.6. The smallest absolute Gasteiger partial charge is 0.275 e. The first-order valence-corrected chi connectivity index (χ1v) is 11.6. The molecule has 0 N–H and O–H groups in total. The van der Waals surface area contributed by atoms with Crippen molar-refractivity contribution in [3.8, 4) is 11.3 Å². The van der Waals surface area contributed by atoms with Crippen LogP contribution in [0.4, 0.5) is 0 Å². The summed E-state index contributed by atoms with van der Waals surface area (Å²) in [5, 5.41) is 6.18. The molecule has 7 heteroatoms. The van der Waals surface area contributed by atoms with E-state index in [1.54, 1.807) is 0 Å². The lowest BCUT2D eigenvalue weighted by molar-refractivity contribution is 0.194. The second-order valence-corrected chi connectivity index (χ2v) is 10.2. The Morgan fingerprint density at radius 3 is 2.55 bits per heavy atom. The van der Waals surface area contributed by atoms with E-state index in [-0.39, 0.29) is 29.8 Å². The summed E-state index contributed by atoms with van der Waals surface area (Å²) < 4.78 is 25.1. The van der Waals surface area contributed by atoms with Crippen LogP contribution in [0.1, 0.15) is 17.5 Å². The first-order valence-electron chi connectivity index (χ1n) is 9.73. The minimum atomic E-state index is -2.99. The lowest BCUT2D eigenvalue weighted by Crippen LogP contribution is -2.38. The molecule has 1 aromatic heterocycles. The first kappa shape index (κ1) is 19.8. The molecule has 0 spiro atoms. The predicted octanol–water partition coefficient (Wildman–Crippen LogP) is 2.76. The minimum absolute atomic E-state index is 0.0932. The Balaban J connectivity index is 1.82. The highest BCUT2D eigenvalue weighted by Crippen LogP contribution is 2.28. The topological polar surface area (TPSA) is 72.3 Å². The van der Waals surface area contributed by atoms with Gasteiger partial charge in [-0.15, -0.1) is 0 Å². The van der Waals surface area contributed by atoms with Gasteiger partial charge in [0.05, 0.1) is 29.3 Å². The molecular weight excluding hydrogens is 386 g/mol. The lowest BCUT2D eigenvalue weighted by Gasteiger charge is -2.24. The molecule has 1 saturated heterocycles. The van der Waals surface area contributed by atoms with Crippen molar-refractivity contribution in [1.29, 1.82) is 0 Å². The number of hydrogen-bond acceptors (Lipinski definition) is 5. The molecule has 0 unspecified atom stereocenters. The molecule has 152 valence electrons. The van der Waals surface area contributed by atoms with Gasteiger partial charge in [0.2, 0.25) is 0 Å². The van der Waals surface area contributed by atoms with E-state index >= 15 is 0 Å². The first-order chi connectivity index (χ1) is 13.7. The highest BCUT2D eigenvalue weighted by Gasteiger charge is 2.31. The second kappa shape index (κ2) is 7.39. The molecule has 0 bridgehead atoms. The molecule has 3 aromatic rings. The van der Waals surface area contributed by atoms with Crippen LogP contribution in [0.2, 0.25) is 0 Å². The van der Waals surface area contributed by atoms with Crippen molar-refractivity contribution < 1.29 is 8.42 Å². The van der Waals surface area contributed by atoms with Crippen LogP contribution in [-0.2, 0) is 16.5 Å². The van der Waals surface area contributed by atoms with Crippen molar-refractivity contribution in [2.75, 3.05) is 18.6 Å². The number of aryl methyl sites for hydroxylation is 2. The van der Waals surface area contributed by atoms with Crippen molar-refractivity contribution in [3.05, 3.63) is 63.9 Å². The quantitative estimate of drug-likeness (QED) is 0.660. The standard InChI is InChI=1S/C22H25N3O3S/c1-15-8-9-16(2)20(12-15)21-18-6-4-5-7-19(18)22(26)25(23-21)14-24(3)17-10-11-29(27,28)13-17/h4-9,12,17H,10-11,13-14H2,1-3H3/t17-/m0/s1. The van der Waals surface area contributed by atoms with Gasteiger partial charge < -0.3 is 0 Å². The number of sulfone groups is 1. The van der Waals surface area contributed by atoms with Crippen LogP contribution >= 0.6 is 0 Å². The zero-order valence-electron chi connectivity index (χ0n) is 16.9. The van der Waals surface area contributed by atoms with Crippen LogP contribution in [0.3, 0.4) is 0 Å². The number of aromatic nitrogens is 2. The summed E-state index contributed by atoms with van der Waals surface area (Å²) in [5.41, 5.74) is 3.83. The summed E-state index contributed by atoms with van der Waals surface area (Å²) >= 11 is 0. The Bertz CT molecular complexity index is 1250. The van der Waals surface area contributed by atoms with Crippen molar-refractivity contribution in [2.45, 2.75) is 33.0 Å². The Morgan fingerprint density at radius 2 is 1.86 bits per heavy atom. The van der Waals surface area contributed by atoms with Gasteiger partial charge in [-0.3, -0.25) is 9.69 Å². The molecule has 1 aliphatic rings. The molecule has 0 radical (unpaired) electrons. The molecule has 2 heterocycles. The van der Waals surface area contributed by atoms with Gasteiger partial charge in [-0.2, -0.15) is 5.10 Å². The van der Waals surface area contributed by atoms with Crippen LogP contribution in [-0.4, -0.2) is 47.7 Å². The summed E-state index contributed by atoms with van der Waals surface area (Å²) in [7, 11) is -1.13. The molecule has 1 aliphatic heterocycles. The summed E-state index contributed by atoms with van der Waals surface area (Å²) in [4.78, 5) is 15.0. The van der Waals surface area contributed by atoms with Gasteiger partial charge in [0.25, 0.3) is 5.56 Å². The van der Waals surface area contributed by atoms with Gasteiger partial charge in [0, 0.05) is 17.0 Å². The molecule has 1 atom stereocenters. The van der Waals surface area contributed by atoms with Crippen molar-refractivity contribution in [3.63, 3.8) is 0 Å². The highest BCUT2D eigenvalue weighted by molar-refractivity contribution is 7.91. The summed E-state index contributed by atoms with van der Waals surface area (Å²) in [6.45, 7) is 4.33. The zero-order valence-corrected chi connectivity index (χ0v) is 17.7. The Hall–Kier alpha value is -2.51. The lowest BCUT2D eigenvalue weighted by atomic mass is 9.99. The fraction of sp³-hybridized carbons (Fsp3) is 0.364. The third-order valence-corrected chi connectivity index (χ3v) is 7.46. The molecule has 2 aromatic carbocycles. The van der Waals surface area contributed by atoms with Crippen LogP contribution in [0.15, 0.2) is 47.3 Å². The Labute approximate surface area is 170 Å².